The predicted octanol–water partition coefficient (Wildman–Crippen LogP) is 3.17. The standard InChI is InChI=1S/C35H36ClN7O8S/c1-18(44)29(39)34(46)50-14-20(15-51-35(47)30(40)19(2)45)13-48-25-9-5-21(6-10-25)28-26(11-37)31(41)43-33(27(28)12-38)52-17-24-16-49-32(42-24)22-3-7-23(36)8-4-22/h3-10,16,18-20,29-30,44-45H,13-15,17,39-40H2,1-2H3,(H2,41,43)/t18-,19-,29+,30+/m1/s1. The van der Waals surface area contributed by atoms with E-state index < -0.39 is 42.1 Å². The number of benzene rings is 2. The van der Waals surface area contributed by atoms with Crippen LogP contribution in [0.4, 0.5) is 5.82 Å². The van der Waals surface area contributed by atoms with Gasteiger partial charge in [-0.1, -0.05) is 35.5 Å². The number of nitriles is 2. The van der Waals surface area contributed by atoms with Gasteiger partial charge in [-0.3, -0.25) is 9.59 Å². The Morgan fingerprint density at radius 3 is 1.98 bits per heavy atom. The highest BCUT2D eigenvalue weighted by molar-refractivity contribution is 7.98. The lowest BCUT2D eigenvalue weighted by atomic mass is 9.97. The van der Waals surface area contributed by atoms with Gasteiger partial charge in [0.25, 0.3) is 0 Å². The fourth-order valence-electron chi connectivity index (χ4n) is 4.49. The summed E-state index contributed by atoms with van der Waals surface area (Å²) in [6, 6.07) is 15.1. The van der Waals surface area contributed by atoms with Crippen molar-refractivity contribution in [1.82, 2.24) is 9.97 Å². The van der Waals surface area contributed by atoms with Crippen molar-refractivity contribution in [2.75, 3.05) is 25.6 Å². The van der Waals surface area contributed by atoms with Crippen LogP contribution in [0.15, 0.2) is 64.2 Å². The number of pyridine rings is 1. The van der Waals surface area contributed by atoms with E-state index in [-0.39, 0.29) is 48.1 Å². The molecule has 0 fully saturated rings. The molecule has 2 heterocycles. The molecule has 0 saturated heterocycles. The van der Waals surface area contributed by atoms with Crippen LogP contribution in [0.2, 0.25) is 5.02 Å². The van der Waals surface area contributed by atoms with E-state index in [1.807, 2.05) is 6.07 Å². The number of hydrogen-bond acceptors (Lipinski definition) is 16. The zero-order valence-corrected chi connectivity index (χ0v) is 29.6. The quantitative estimate of drug-likeness (QED) is 0.0813. The Bertz CT molecular complexity index is 1910. The number of thioether (sulfide) groups is 1. The number of aliphatic hydroxyl groups is 2. The maximum Gasteiger partial charge on any atom is 0.325 e. The summed E-state index contributed by atoms with van der Waals surface area (Å²) in [5.74, 6) is -1.44. The molecular formula is C35H36ClN7O8S. The van der Waals surface area contributed by atoms with Crippen molar-refractivity contribution in [2.24, 2.45) is 17.4 Å². The van der Waals surface area contributed by atoms with Crippen LogP contribution in [0.5, 0.6) is 5.75 Å². The number of esters is 2. The summed E-state index contributed by atoms with van der Waals surface area (Å²) in [7, 11) is 0. The van der Waals surface area contributed by atoms with E-state index in [9.17, 15) is 30.3 Å². The number of aromatic nitrogens is 2. The number of carbonyl (C=O) groups is 2. The van der Waals surface area contributed by atoms with Gasteiger partial charge in [-0.25, -0.2) is 9.97 Å². The predicted molar refractivity (Wildman–Crippen MR) is 190 cm³/mol. The van der Waals surface area contributed by atoms with E-state index >= 15 is 0 Å². The summed E-state index contributed by atoms with van der Waals surface area (Å²) in [5, 5.41) is 40.3. The molecule has 0 unspecified atom stereocenters. The van der Waals surface area contributed by atoms with Crippen LogP contribution in [0.25, 0.3) is 22.6 Å². The molecule has 52 heavy (non-hydrogen) atoms. The van der Waals surface area contributed by atoms with E-state index in [0.717, 1.165) is 5.56 Å². The largest absolute Gasteiger partial charge is 0.493 e. The molecule has 0 aliphatic rings. The zero-order chi connectivity index (χ0) is 37.9. The third-order valence-electron chi connectivity index (χ3n) is 7.55. The number of halogens is 1. The first kappa shape index (κ1) is 39.6. The summed E-state index contributed by atoms with van der Waals surface area (Å²) in [4.78, 5) is 33.3. The average molecular weight is 750 g/mol. The first-order chi connectivity index (χ1) is 24.8. The molecule has 0 amide bonds. The smallest absolute Gasteiger partial charge is 0.325 e. The number of oxazole rings is 1. The molecule has 4 aromatic rings. The number of anilines is 1. The molecular weight excluding hydrogens is 714 g/mol. The van der Waals surface area contributed by atoms with Gasteiger partial charge in [0.1, 0.15) is 65.9 Å². The van der Waals surface area contributed by atoms with Crippen LogP contribution in [0.1, 0.15) is 30.7 Å². The van der Waals surface area contributed by atoms with Gasteiger partial charge in [0, 0.05) is 21.9 Å². The van der Waals surface area contributed by atoms with Gasteiger partial charge in [-0.15, -0.1) is 0 Å². The monoisotopic (exact) mass is 749 g/mol. The van der Waals surface area contributed by atoms with Crippen LogP contribution in [-0.4, -0.2) is 76.2 Å². The molecule has 0 bridgehead atoms. The number of nitrogens with two attached hydrogens (primary N) is 3. The molecule has 2 aromatic heterocycles. The van der Waals surface area contributed by atoms with Crippen molar-refractivity contribution in [3.05, 3.63) is 76.6 Å². The van der Waals surface area contributed by atoms with Gasteiger partial charge in [-0.2, -0.15) is 10.5 Å². The third kappa shape index (κ3) is 10.2. The summed E-state index contributed by atoms with van der Waals surface area (Å²) in [6.07, 6.45) is -0.805. The molecule has 15 nitrogen and oxygen atoms in total. The number of hydrogen-bond donors (Lipinski definition) is 5. The van der Waals surface area contributed by atoms with Gasteiger partial charge in [0.05, 0.1) is 36.0 Å². The van der Waals surface area contributed by atoms with E-state index in [1.54, 1.807) is 48.5 Å². The Morgan fingerprint density at radius 2 is 1.44 bits per heavy atom. The Hall–Kier alpha value is -5.20. The highest BCUT2D eigenvalue weighted by Crippen LogP contribution is 2.37. The van der Waals surface area contributed by atoms with E-state index in [0.29, 0.717) is 32.9 Å². The van der Waals surface area contributed by atoms with Crippen molar-refractivity contribution in [1.29, 1.82) is 10.5 Å². The molecule has 0 radical (unpaired) electrons. The van der Waals surface area contributed by atoms with E-state index in [1.165, 1.54) is 31.9 Å². The number of nitrogen functional groups attached to an aromatic ring is 1. The first-order valence-corrected chi connectivity index (χ1v) is 17.1. The highest BCUT2D eigenvalue weighted by Gasteiger charge is 2.26. The number of aliphatic hydroxyl groups excluding tert-OH is 2. The molecule has 0 spiro atoms. The minimum atomic E-state index is -1.28. The second-order valence-electron chi connectivity index (χ2n) is 11.6. The lowest BCUT2D eigenvalue weighted by Gasteiger charge is -2.21. The van der Waals surface area contributed by atoms with Gasteiger partial charge < -0.3 is 46.0 Å². The second kappa shape index (κ2) is 18.3. The summed E-state index contributed by atoms with van der Waals surface area (Å²) < 4.78 is 21.9. The van der Waals surface area contributed by atoms with Crippen LogP contribution in [0, 0.1) is 28.6 Å². The van der Waals surface area contributed by atoms with Gasteiger partial charge in [0.15, 0.2) is 0 Å². The molecule has 17 heteroatoms. The first-order valence-electron chi connectivity index (χ1n) is 15.7. The van der Waals surface area contributed by atoms with E-state index in [2.05, 4.69) is 16.0 Å². The van der Waals surface area contributed by atoms with Crippen molar-refractivity contribution < 1.29 is 38.4 Å². The van der Waals surface area contributed by atoms with Crippen LogP contribution in [-0.2, 0) is 24.8 Å². The molecule has 0 aliphatic heterocycles. The lowest BCUT2D eigenvalue weighted by molar-refractivity contribution is -0.153. The van der Waals surface area contributed by atoms with Crippen molar-refractivity contribution in [3.63, 3.8) is 0 Å². The van der Waals surface area contributed by atoms with Crippen molar-refractivity contribution >= 4 is 41.1 Å². The number of nitrogens with zero attached hydrogens (tertiary/aromatic N) is 4. The molecule has 8 N–H and O–H groups in total. The van der Waals surface area contributed by atoms with Gasteiger partial charge >= 0.3 is 11.9 Å². The molecule has 2 aromatic carbocycles. The zero-order valence-electron chi connectivity index (χ0n) is 28.1. The Labute approximate surface area is 308 Å². The average Bonchev–Trinajstić information content (AvgIpc) is 3.61. The number of rotatable bonds is 16. The maximum atomic E-state index is 12.2. The number of ether oxygens (including phenoxy) is 3. The second-order valence-corrected chi connectivity index (χ2v) is 13.0. The topological polar surface area (TPSA) is 267 Å². The Balaban J connectivity index is 1.50. The fourth-order valence-corrected chi connectivity index (χ4v) is 5.49. The third-order valence-corrected chi connectivity index (χ3v) is 8.81. The molecule has 0 saturated carbocycles. The Morgan fingerprint density at radius 1 is 0.885 bits per heavy atom. The van der Waals surface area contributed by atoms with Crippen molar-refractivity contribution in [3.8, 4) is 40.5 Å². The lowest BCUT2D eigenvalue weighted by Crippen LogP contribution is -2.43. The summed E-state index contributed by atoms with van der Waals surface area (Å²) in [6.45, 7) is 2.02. The number of carbonyl (C=O) groups excluding carboxylic acids is 2. The van der Waals surface area contributed by atoms with E-state index in [4.69, 9.17) is 47.4 Å². The van der Waals surface area contributed by atoms with Gasteiger partial charge in [-0.05, 0) is 55.8 Å². The van der Waals surface area contributed by atoms with Gasteiger partial charge in [0.2, 0.25) is 5.89 Å². The van der Waals surface area contributed by atoms with Crippen LogP contribution >= 0.6 is 23.4 Å². The maximum absolute atomic E-state index is 12.2. The van der Waals surface area contributed by atoms with Crippen LogP contribution in [0.3, 0.4) is 0 Å². The minimum absolute atomic E-state index is 0.0236. The Kier molecular flexibility index (Phi) is 14.0. The molecule has 4 rings (SSSR count). The molecule has 272 valence electrons. The summed E-state index contributed by atoms with van der Waals surface area (Å²) >= 11 is 7.18. The molecule has 4 atom stereocenters. The normalized spacial score (nSPS) is 13.3. The van der Waals surface area contributed by atoms with Crippen molar-refractivity contribution in [2.45, 2.75) is 48.9 Å². The molecule has 0 aliphatic carbocycles. The minimum Gasteiger partial charge on any atom is -0.493 e. The van der Waals surface area contributed by atoms with Crippen LogP contribution < -0.4 is 21.9 Å². The fraction of sp³-hybridized carbons (Fsp3) is 0.314. The summed E-state index contributed by atoms with van der Waals surface area (Å²) in [5.41, 5.74) is 19.8. The highest BCUT2D eigenvalue weighted by atomic mass is 35.5. The SMILES string of the molecule is C[C@@H](O)[C@H](N)C(=O)OCC(COC(=O)[C@@H](N)[C@@H](C)O)COc1ccc(-c2c(C#N)c(N)nc(SCc3coc(-c4ccc(Cl)cc4)n3)c2C#N)cc1.